The Balaban J connectivity index is 1.73. The molecule has 10 heteroatoms. The second-order valence-corrected chi connectivity index (χ2v) is 6.50. The fraction of sp³-hybridized carbons (Fsp3) is 0.235. The molecule has 0 N–H and O–H groups in total. The highest BCUT2D eigenvalue weighted by molar-refractivity contribution is 7.98. The molecule has 0 radical (unpaired) electrons. The Morgan fingerprint density at radius 3 is 2.74 bits per heavy atom. The van der Waals surface area contributed by atoms with Crippen molar-refractivity contribution >= 4 is 17.4 Å². The first-order chi connectivity index (χ1) is 13.1. The minimum Gasteiger partial charge on any atom is -0.497 e. The third kappa shape index (κ3) is 4.53. The molecule has 140 valence electrons. The van der Waals surface area contributed by atoms with Crippen LogP contribution < -0.4 is 4.74 Å². The molecule has 0 spiro atoms. The molecule has 9 nitrogen and oxygen atoms in total. The van der Waals surface area contributed by atoms with Crippen LogP contribution in [0.4, 0.5) is 5.69 Å². The predicted octanol–water partition coefficient (Wildman–Crippen LogP) is 2.92. The zero-order valence-electron chi connectivity index (χ0n) is 14.7. The maximum absolute atomic E-state index is 10.7. The summed E-state index contributed by atoms with van der Waals surface area (Å²) in [6.07, 6.45) is 5.02. The summed E-state index contributed by atoms with van der Waals surface area (Å²) in [6.45, 7) is 4.36. The third-order valence-electron chi connectivity index (χ3n) is 3.78. The van der Waals surface area contributed by atoms with Gasteiger partial charge in [-0.05, 0) is 17.7 Å². The molecular formula is C17H18N6O3S. The van der Waals surface area contributed by atoms with Crippen LogP contribution in [0, 0.1) is 10.1 Å². The highest BCUT2D eigenvalue weighted by atomic mass is 32.2. The maximum Gasteiger partial charge on any atom is 0.307 e. The van der Waals surface area contributed by atoms with Gasteiger partial charge in [0.1, 0.15) is 24.0 Å². The van der Waals surface area contributed by atoms with Gasteiger partial charge in [0.25, 0.3) is 0 Å². The van der Waals surface area contributed by atoms with Crippen LogP contribution >= 0.6 is 11.8 Å². The van der Waals surface area contributed by atoms with Crippen molar-refractivity contribution < 1.29 is 9.66 Å². The predicted molar refractivity (Wildman–Crippen MR) is 101 cm³/mol. The first-order valence-corrected chi connectivity index (χ1v) is 9.05. The molecule has 0 saturated carbocycles. The SMILES string of the molecule is C=CCn1c(Cc2ccc(OC)cc2)nnc1SCn1cc([N+](=O)[O-])cn1. The fourth-order valence-corrected chi connectivity index (χ4v) is 3.26. The van der Waals surface area contributed by atoms with Crippen molar-refractivity contribution in [1.82, 2.24) is 24.5 Å². The number of nitro groups is 1. The third-order valence-corrected chi connectivity index (χ3v) is 4.74. The normalized spacial score (nSPS) is 10.7. The van der Waals surface area contributed by atoms with Crippen LogP contribution in [0.15, 0.2) is 54.5 Å². The number of allylic oxidation sites excluding steroid dienone is 1. The van der Waals surface area contributed by atoms with Gasteiger partial charge in [-0.2, -0.15) is 5.10 Å². The first-order valence-electron chi connectivity index (χ1n) is 8.06. The van der Waals surface area contributed by atoms with Crippen molar-refractivity contribution in [3.63, 3.8) is 0 Å². The number of methoxy groups -OCH3 is 1. The Kier molecular flexibility index (Phi) is 5.87. The van der Waals surface area contributed by atoms with E-state index in [4.69, 9.17) is 4.74 Å². The summed E-state index contributed by atoms with van der Waals surface area (Å²) in [4.78, 5) is 10.3. The summed E-state index contributed by atoms with van der Waals surface area (Å²) >= 11 is 1.40. The van der Waals surface area contributed by atoms with Crippen molar-refractivity contribution in [2.45, 2.75) is 24.0 Å². The van der Waals surface area contributed by atoms with E-state index in [9.17, 15) is 10.1 Å². The van der Waals surface area contributed by atoms with E-state index in [0.29, 0.717) is 24.0 Å². The minimum atomic E-state index is -0.471. The van der Waals surface area contributed by atoms with Gasteiger partial charge in [0.15, 0.2) is 5.16 Å². The smallest absolute Gasteiger partial charge is 0.307 e. The molecular weight excluding hydrogens is 368 g/mol. The summed E-state index contributed by atoms with van der Waals surface area (Å²) in [5, 5.41) is 24.0. The van der Waals surface area contributed by atoms with E-state index in [1.807, 2.05) is 28.8 Å². The molecule has 0 saturated heterocycles. The van der Waals surface area contributed by atoms with E-state index in [0.717, 1.165) is 17.1 Å². The van der Waals surface area contributed by atoms with Gasteiger partial charge in [-0.1, -0.05) is 30.0 Å². The zero-order valence-corrected chi connectivity index (χ0v) is 15.5. The van der Waals surface area contributed by atoms with Crippen molar-refractivity contribution in [2.75, 3.05) is 7.11 Å². The molecule has 0 fully saturated rings. The van der Waals surface area contributed by atoms with Gasteiger partial charge in [-0.15, -0.1) is 16.8 Å². The van der Waals surface area contributed by atoms with Crippen LogP contribution in [0.1, 0.15) is 11.4 Å². The van der Waals surface area contributed by atoms with Crippen molar-refractivity contribution in [3.05, 3.63) is 70.8 Å². The molecule has 0 unspecified atom stereocenters. The molecule has 3 aromatic rings. The number of aromatic nitrogens is 5. The quantitative estimate of drug-likeness (QED) is 0.241. The number of rotatable bonds is 9. The lowest BCUT2D eigenvalue weighted by Crippen LogP contribution is -2.05. The van der Waals surface area contributed by atoms with E-state index in [1.54, 1.807) is 13.2 Å². The molecule has 0 aliphatic heterocycles. The van der Waals surface area contributed by atoms with Gasteiger partial charge in [0.2, 0.25) is 0 Å². The number of ether oxygens (including phenoxy) is 1. The van der Waals surface area contributed by atoms with E-state index in [-0.39, 0.29) is 5.69 Å². The number of hydrogen-bond acceptors (Lipinski definition) is 7. The lowest BCUT2D eigenvalue weighted by molar-refractivity contribution is -0.385. The highest BCUT2D eigenvalue weighted by Crippen LogP contribution is 2.22. The number of hydrogen-bond donors (Lipinski definition) is 0. The van der Waals surface area contributed by atoms with Crippen molar-refractivity contribution in [3.8, 4) is 5.75 Å². The van der Waals surface area contributed by atoms with Crippen molar-refractivity contribution in [2.24, 2.45) is 0 Å². The van der Waals surface area contributed by atoms with Gasteiger partial charge in [-0.3, -0.25) is 14.8 Å². The molecule has 1 aromatic carbocycles. The van der Waals surface area contributed by atoms with Gasteiger partial charge in [-0.25, -0.2) is 0 Å². The second kappa shape index (κ2) is 8.49. The van der Waals surface area contributed by atoms with Crippen molar-refractivity contribution in [1.29, 1.82) is 0 Å². The van der Waals surface area contributed by atoms with Gasteiger partial charge >= 0.3 is 5.69 Å². The molecule has 0 aliphatic carbocycles. The molecule has 3 rings (SSSR count). The summed E-state index contributed by atoms with van der Waals surface area (Å²) in [7, 11) is 1.63. The maximum atomic E-state index is 10.7. The van der Waals surface area contributed by atoms with Crippen LogP contribution in [0.5, 0.6) is 5.75 Å². The lowest BCUT2D eigenvalue weighted by atomic mass is 10.1. The lowest BCUT2D eigenvalue weighted by Gasteiger charge is -2.08. The summed E-state index contributed by atoms with van der Waals surface area (Å²) < 4.78 is 8.65. The number of thioether (sulfide) groups is 1. The minimum absolute atomic E-state index is 0.0386. The largest absolute Gasteiger partial charge is 0.497 e. The van der Waals surface area contributed by atoms with Crippen LogP contribution in [-0.4, -0.2) is 36.6 Å². The molecule has 0 atom stereocenters. The second-order valence-electron chi connectivity index (χ2n) is 5.59. The Morgan fingerprint density at radius 2 is 2.11 bits per heavy atom. The van der Waals surface area contributed by atoms with Gasteiger partial charge in [0.05, 0.1) is 17.9 Å². The van der Waals surface area contributed by atoms with Gasteiger partial charge in [0, 0.05) is 13.0 Å². The van der Waals surface area contributed by atoms with Crippen LogP contribution in [0.3, 0.4) is 0 Å². The van der Waals surface area contributed by atoms with E-state index < -0.39 is 4.92 Å². The summed E-state index contributed by atoms with van der Waals surface area (Å²) in [5.74, 6) is 2.01. The van der Waals surface area contributed by atoms with E-state index in [2.05, 4.69) is 21.9 Å². The van der Waals surface area contributed by atoms with Crippen LogP contribution in [0.2, 0.25) is 0 Å². The van der Waals surface area contributed by atoms with Gasteiger partial charge < -0.3 is 9.30 Å². The number of benzene rings is 1. The van der Waals surface area contributed by atoms with Crippen LogP contribution in [0.25, 0.3) is 0 Å². The molecule has 0 aliphatic rings. The molecule has 0 bridgehead atoms. The Morgan fingerprint density at radius 1 is 1.33 bits per heavy atom. The first kappa shape index (κ1) is 18.6. The van der Waals surface area contributed by atoms with E-state index >= 15 is 0 Å². The molecule has 2 aromatic heterocycles. The Labute approximate surface area is 159 Å². The average Bonchev–Trinajstić information content (AvgIpc) is 3.29. The summed E-state index contributed by atoms with van der Waals surface area (Å²) in [5.41, 5.74) is 1.05. The molecule has 2 heterocycles. The molecule has 0 amide bonds. The number of nitrogens with zero attached hydrogens (tertiary/aromatic N) is 6. The highest BCUT2D eigenvalue weighted by Gasteiger charge is 2.14. The fourth-order valence-electron chi connectivity index (χ4n) is 2.44. The van der Waals surface area contributed by atoms with Crippen LogP contribution in [-0.2, 0) is 18.8 Å². The Hall–Kier alpha value is -3.14. The average molecular weight is 386 g/mol. The monoisotopic (exact) mass is 386 g/mol. The Bertz CT molecular complexity index is 935. The standard InChI is InChI=1S/C17H18N6O3S/c1-3-8-22-16(9-13-4-6-15(26-2)7-5-13)19-20-17(22)27-12-21-11-14(10-18-21)23(24)25/h3-7,10-11H,1,8-9,12H2,2H3. The van der Waals surface area contributed by atoms with E-state index in [1.165, 1.54) is 28.8 Å². The zero-order chi connectivity index (χ0) is 19.2. The summed E-state index contributed by atoms with van der Waals surface area (Å²) in [6, 6.07) is 7.79. The topological polar surface area (TPSA) is 101 Å². The molecule has 27 heavy (non-hydrogen) atoms.